The lowest BCUT2D eigenvalue weighted by atomic mass is 10.2. The van der Waals surface area contributed by atoms with Crippen LogP contribution in [0, 0.1) is 6.92 Å². The molecule has 2 amide bonds. The molecule has 2 N–H and O–H groups in total. The Bertz CT molecular complexity index is 695. The van der Waals surface area contributed by atoms with Crippen LogP contribution in [0.5, 0.6) is 5.75 Å². The lowest BCUT2D eigenvalue weighted by Crippen LogP contribution is -2.37. The molecule has 1 atom stereocenters. The number of anilines is 1. The number of carbonyl (C=O) groups excluding carboxylic acids is 1. The first-order valence-electron chi connectivity index (χ1n) is 8.79. The average Bonchev–Trinajstić information content (AvgIpc) is 3.23. The van der Waals surface area contributed by atoms with Gasteiger partial charge in [-0.1, -0.05) is 12.8 Å². The Hall–Kier alpha value is -2.57. The fourth-order valence-corrected chi connectivity index (χ4v) is 3.12. The van der Waals surface area contributed by atoms with E-state index in [1.165, 1.54) is 12.8 Å². The third-order valence-corrected chi connectivity index (χ3v) is 4.29. The summed E-state index contributed by atoms with van der Waals surface area (Å²) >= 11 is 0. The molecule has 134 valence electrons. The van der Waals surface area contributed by atoms with Crippen LogP contribution in [-0.4, -0.2) is 33.4 Å². The number of nitrogens with zero attached hydrogens (tertiary/aromatic N) is 3. The van der Waals surface area contributed by atoms with E-state index in [2.05, 4.69) is 20.7 Å². The van der Waals surface area contributed by atoms with Gasteiger partial charge in [0.15, 0.2) is 0 Å². The zero-order valence-electron chi connectivity index (χ0n) is 14.7. The van der Waals surface area contributed by atoms with Gasteiger partial charge in [-0.05, 0) is 38.8 Å². The molecular formula is C18H25N5O2. The van der Waals surface area contributed by atoms with Crippen molar-refractivity contribution in [1.82, 2.24) is 20.1 Å². The smallest absolute Gasteiger partial charge is 0.320 e. The van der Waals surface area contributed by atoms with Crippen molar-refractivity contribution in [2.45, 2.75) is 51.7 Å². The molecule has 1 aliphatic carbocycles. The van der Waals surface area contributed by atoms with Crippen molar-refractivity contribution in [2.24, 2.45) is 0 Å². The topological polar surface area (TPSA) is 81.1 Å². The molecule has 25 heavy (non-hydrogen) atoms. The van der Waals surface area contributed by atoms with Crippen LogP contribution in [0.25, 0.3) is 0 Å². The molecule has 2 aromatic rings. The van der Waals surface area contributed by atoms with Gasteiger partial charge in [0.1, 0.15) is 17.7 Å². The van der Waals surface area contributed by atoms with Crippen molar-refractivity contribution in [3.05, 3.63) is 36.3 Å². The van der Waals surface area contributed by atoms with Crippen LogP contribution in [0.2, 0.25) is 0 Å². The number of carbonyl (C=O) groups is 1. The lowest BCUT2D eigenvalue weighted by molar-refractivity contribution is 0.211. The minimum Gasteiger partial charge on any atom is -0.487 e. The van der Waals surface area contributed by atoms with Gasteiger partial charge >= 0.3 is 6.03 Å². The normalized spacial score (nSPS) is 15.8. The highest BCUT2D eigenvalue weighted by Crippen LogP contribution is 2.31. The Morgan fingerprint density at radius 1 is 1.44 bits per heavy atom. The van der Waals surface area contributed by atoms with Crippen LogP contribution in [0.1, 0.15) is 44.3 Å². The first kappa shape index (κ1) is 17.3. The molecule has 1 unspecified atom stereocenters. The minimum atomic E-state index is -0.249. The molecule has 0 spiro atoms. The Morgan fingerprint density at radius 3 is 2.96 bits per heavy atom. The molecule has 1 fully saturated rings. The molecule has 0 radical (unpaired) electrons. The molecule has 2 heterocycles. The van der Waals surface area contributed by atoms with Gasteiger partial charge in [0.2, 0.25) is 0 Å². The van der Waals surface area contributed by atoms with Gasteiger partial charge in [0.05, 0.1) is 24.5 Å². The number of hydrogen-bond acceptors (Lipinski definition) is 4. The zero-order valence-corrected chi connectivity index (χ0v) is 14.7. The summed E-state index contributed by atoms with van der Waals surface area (Å²) < 4.78 is 7.66. The molecule has 7 heteroatoms. The monoisotopic (exact) mass is 343 g/mol. The Morgan fingerprint density at radius 2 is 2.24 bits per heavy atom. The molecule has 2 aromatic heterocycles. The molecule has 1 aliphatic rings. The number of hydrogen-bond donors (Lipinski definition) is 2. The van der Waals surface area contributed by atoms with Crippen molar-refractivity contribution < 1.29 is 9.53 Å². The maximum absolute atomic E-state index is 12.2. The van der Waals surface area contributed by atoms with Gasteiger partial charge in [-0.2, -0.15) is 5.10 Å². The van der Waals surface area contributed by atoms with Gasteiger partial charge in [-0.15, -0.1) is 0 Å². The van der Waals surface area contributed by atoms with Gasteiger partial charge < -0.3 is 10.1 Å². The van der Waals surface area contributed by atoms with Gasteiger partial charge in [-0.25, -0.2) is 9.48 Å². The van der Waals surface area contributed by atoms with Crippen LogP contribution in [0.4, 0.5) is 10.6 Å². The zero-order chi connectivity index (χ0) is 17.6. The summed E-state index contributed by atoms with van der Waals surface area (Å²) in [5.41, 5.74) is 0.912. The fourth-order valence-electron chi connectivity index (χ4n) is 3.12. The van der Waals surface area contributed by atoms with Crippen LogP contribution in [0.15, 0.2) is 30.6 Å². The van der Waals surface area contributed by atoms with Crippen LogP contribution >= 0.6 is 0 Å². The third-order valence-electron chi connectivity index (χ3n) is 4.29. The van der Waals surface area contributed by atoms with E-state index in [4.69, 9.17) is 4.74 Å². The van der Waals surface area contributed by atoms with Crippen molar-refractivity contribution in [2.75, 3.05) is 11.9 Å². The number of urea groups is 1. The molecule has 3 rings (SSSR count). The fraction of sp³-hybridized carbons (Fsp3) is 0.500. The number of ether oxygens (including phenoxy) is 1. The van der Waals surface area contributed by atoms with E-state index in [1.54, 1.807) is 12.4 Å². The van der Waals surface area contributed by atoms with Crippen LogP contribution in [0.3, 0.4) is 0 Å². The van der Waals surface area contributed by atoms with Crippen LogP contribution in [-0.2, 0) is 0 Å². The summed E-state index contributed by atoms with van der Waals surface area (Å²) in [5.74, 6) is 1.44. The second-order valence-corrected chi connectivity index (χ2v) is 6.51. The quantitative estimate of drug-likeness (QED) is 0.843. The first-order chi connectivity index (χ1) is 12.1. The number of nitrogens with one attached hydrogen (secondary N) is 2. The summed E-state index contributed by atoms with van der Waals surface area (Å²) in [4.78, 5) is 16.2. The largest absolute Gasteiger partial charge is 0.487 e. The standard InChI is InChI=1S/C18H25N5O2/c1-13-10-17(23(22-13)15-6-3-4-7-15)21-18(24)20-11-14(2)25-16-8-5-9-19-12-16/h5,8-10,12,14-15H,3-4,6-7,11H2,1-2H3,(H2,20,21,24). The van der Waals surface area contributed by atoms with Crippen molar-refractivity contribution >= 4 is 11.8 Å². The Balaban J connectivity index is 1.51. The molecule has 1 saturated carbocycles. The first-order valence-corrected chi connectivity index (χ1v) is 8.79. The SMILES string of the molecule is Cc1cc(NC(=O)NCC(C)Oc2cccnc2)n(C2CCCC2)n1. The summed E-state index contributed by atoms with van der Waals surface area (Å²) in [6.45, 7) is 4.25. The minimum absolute atomic E-state index is 0.156. The van der Waals surface area contributed by atoms with Crippen molar-refractivity contribution in [3.8, 4) is 5.75 Å². The predicted octanol–water partition coefficient (Wildman–Crippen LogP) is 3.29. The number of aryl methyl sites for hydroxylation is 1. The number of pyridine rings is 1. The van der Waals surface area contributed by atoms with E-state index < -0.39 is 0 Å². The highest BCUT2D eigenvalue weighted by atomic mass is 16.5. The summed E-state index contributed by atoms with van der Waals surface area (Å²) in [6.07, 6.45) is 7.87. The number of aromatic nitrogens is 3. The lowest BCUT2D eigenvalue weighted by Gasteiger charge is -2.17. The number of rotatable bonds is 6. The highest BCUT2D eigenvalue weighted by molar-refractivity contribution is 5.88. The van der Waals surface area contributed by atoms with E-state index in [-0.39, 0.29) is 12.1 Å². The Kier molecular flexibility index (Phi) is 5.53. The molecule has 7 nitrogen and oxygen atoms in total. The van der Waals surface area contributed by atoms with Gasteiger partial charge in [-0.3, -0.25) is 10.3 Å². The molecule has 0 aliphatic heterocycles. The van der Waals surface area contributed by atoms with E-state index in [0.29, 0.717) is 18.3 Å². The third kappa shape index (κ3) is 4.71. The van der Waals surface area contributed by atoms with Gasteiger partial charge in [0, 0.05) is 12.3 Å². The maximum atomic E-state index is 12.2. The molecule has 0 bridgehead atoms. The van der Waals surface area contributed by atoms with Crippen molar-refractivity contribution in [1.29, 1.82) is 0 Å². The Labute approximate surface area is 147 Å². The van der Waals surface area contributed by atoms with E-state index in [0.717, 1.165) is 24.4 Å². The number of amides is 2. The maximum Gasteiger partial charge on any atom is 0.320 e. The van der Waals surface area contributed by atoms with Crippen LogP contribution < -0.4 is 15.4 Å². The predicted molar refractivity (Wildman–Crippen MR) is 95.8 cm³/mol. The molecule has 0 aromatic carbocycles. The second kappa shape index (κ2) is 8.00. The van der Waals surface area contributed by atoms with E-state index in [1.807, 2.05) is 36.7 Å². The van der Waals surface area contributed by atoms with E-state index in [9.17, 15) is 4.79 Å². The summed E-state index contributed by atoms with van der Waals surface area (Å²) in [5, 5.41) is 10.3. The molecular weight excluding hydrogens is 318 g/mol. The second-order valence-electron chi connectivity index (χ2n) is 6.51. The van der Waals surface area contributed by atoms with Crippen molar-refractivity contribution in [3.63, 3.8) is 0 Å². The summed E-state index contributed by atoms with van der Waals surface area (Å²) in [6, 6.07) is 5.70. The van der Waals surface area contributed by atoms with Gasteiger partial charge in [0.25, 0.3) is 0 Å². The average molecular weight is 343 g/mol. The highest BCUT2D eigenvalue weighted by Gasteiger charge is 2.21. The molecule has 0 saturated heterocycles. The summed E-state index contributed by atoms with van der Waals surface area (Å²) in [7, 11) is 0. The van der Waals surface area contributed by atoms with E-state index >= 15 is 0 Å².